The Bertz CT molecular complexity index is 406. The standard InChI is InChI=1S/C12H15BrN2O/c13-11-5-1-3-10-9(11)4-2-7-15(8-6-14)12(10)16/h1,3,5H,2,4,6-8,14H2. The van der Waals surface area contributed by atoms with Crippen molar-refractivity contribution >= 4 is 21.8 Å². The monoisotopic (exact) mass is 282 g/mol. The Hall–Kier alpha value is -0.870. The zero-order chi connectivity index (χ0) is 11.5. The van der Waals surface area contributed by atoms with Crippen LogP contribution < -0.4 is 5.73 Å². The Kier molecular flexibility index (Phi) is 3.61. The van der Waals surface area contributed by atoms with Crippen LogP contribution in [0.1, 0.15) is 22.3 Å². The summed E-state index contributed by atoms with van der Waals surface area (Å²) in [6.07, 6.45) is 1.95. The van der Waals surface area contributed by atoms with Gasteiger partial charge in [0.15, 0.2) is 0 Å². The van der Waals surface area contributed by atoms with E-state index in [0.29, 0.717) is 13.1 Å². The molecule has 0 spiro atoms. The van der Waals surface area contributed by atoms with Gasteiger partial charge in [0.1, 0.15) is 0 Å². The number of carbonyl (C=O) groups is 1. The molecule has 0 radical (unpaired) electrons. The molecule has 2 rings (SSSR count). The first kappa shape index (κ1) is 11.6. The molecule has 1 aromatic carbocycles. The summed E-state index contributed by atoms with van der Waals surface area (Å²) >= 11 is 3.51. The van der Waals surface area contributed by atoms with Crippen LogP contribution in [0.5, 0.6) is 0 Å². The fourth-order valence-electron chi connectivity index (χ4n) is 2.10. The molecule has 0 atom stereocenters. The third-order valence-electron chi connectivity index (χ3n) is 2.89. The predicted molar refractivity (Wildman–Crippen MR) is 67.4 cm³/mol. The lowest BCUT2D eigenvalue weighted by molar-refractivity contribution is 0.0765. The van der Waals surface area contributed by atoms with E-state index in [0.717, 1.165) is 35.0 Å². The maximum Gasteiger partial charge on any atom is 0.254 e. The number of nitrogens with two attached hydrogens (primary N) is 1. The van der Waals surface area contributed by atoms with Crippen molar-refractivity contribution in [2.45, 2.75) is 12.8 Å². The van der Waals surface area contributed by atoms with Gasteiger partial charge < -0.3 is 10.6 Å². The predicted octanol–water partition coefficient (Wildman–Crippen LogP) is 1.80. The number of benzene rings is 1. The van der Waals surface area contributed by atoms with Gasteiger partial charge in [-0.25, -0.2) is 0 Å². The van der Waals surface area contributed by atoms with Crippen LogP contribution in [-0.2, 0) is 6.42 Å². The van der Waals surface area contributed by atoms with E-state index in [1.54, 1.807) is 0 Å². The van der Waals surface area contributed by atoms with Crippen LogP contribution in [-0.4, -0.2) is 30.4 Å². The molecule has 0 unspecified atom stereocenters. The van der Waals surface area contributed by atoms with Crippen LogP contribution in [0.4, 0.5) is 0 Å². The first-order valence-electron chi connectivity index (χ1n) is 5.50. The third kappa shape index (κ3) is 2.13. The summed E-state index contributed by atoms with van der Waals surface area (Å²) < 4.78 is 1.04. The molecular weight excluding hydrogens is 268 g/mol. The SMILES string of the molecule is NCCN1CCCc2c(Br)cccc2C1=O. The van der Waals surface area contributed by atoms with Crippen molar-refractivity contribution in [3.63, 3.8) is 0 Å². The molecule has 1 amide bonds. The molecule has 0 saturated carbocycles. The summed E-state index contributed by atoms with van der Waals surface area (Å²) in [6.45, 7) is 1.97. The molecule has 0 bridgehead atoms. The van der Waals surface area contributed by atoms with E-state index in [1.165, 1.54) is 0 Å². The van der Waals surface area contributed by atoms with Crippen LogP contribution >= 0.6 is 15.9 Å². The number of amides is 1. The van der Waals surface area contributed by atoms with E-state index < -0.39 is 0 Å². The Morgan fingerprint density at radius 2 is 2.25 bits per heavy atom. The number of fused-ring (bicyclic) bond motifs is 1. The van der Waals surface area contributed by atoms with E-state index in [2.05, 4.69) is 15.9 Å². The maximum absolute atomic E-state index is 12.2. The molecule has 4 heteroatoms. The van der Waals surface area contributed by atoms with Crippen molar-refractivity contribution in [2.24, 2.45) is 5.73 Å². The van der Waals surface area contributed by atoms with Crippen molar-refractivity contribution < 1.29 is 4.79 Å². The molecule has 1 aliphatic heterocycles. The minimum atomic E-state index is 0.110. The van der Waals surface area contributed by atoms with Gasteiger partial charge in [-0.05, 0) is 30.5 Å². The first-order chi connectivity index (χ1) is 7.74. The number of hydrogen-bond acceptors (Lipinski definition) is 2. The van der Waals surface area contributed by atoms with Gasteiger partial charge in [-0.3, -0.25) is 4.79 Å². The Balaban J connectivity index is 2.37. The lowest BCUT2D eigenvalue weighted by Gasteiger charge is -2.19. The third-order valence-corrected chi connectivity index (χ3v) is 3.63. The van der Waals surface area contributed by atoms with Crippen molar-refractivity contribution in [1.82, 2.24) is 4.90 Å². The number of hydrogen-bond donors (Lipinski definition) is 1. The highest BCUT2D eigenvalue weighted by molar-refractivity contribution is 9.10. The summed E-state index contributed by atoms with van der Waals surface area (Å²) in [4.78, 5) is 14.1. The van der Waals surface area contributed by atoms with E-state index >= 15 is 0 Å². The van der Waals surface area contributed by atoms with E-state index in [-0.39, 0.29) is 5.91 Å². The highest BCUT2D eigenvalue weighted by Crippen LogP contribution is 2.25. The molecular formula is C12H15BrN2O. The van der Waals surface area contributed by atoms with E-state index in [9.17, 15) is 4.79 Å². The average molecular weight is 283 g/mol. The smallest absolute Gasteiger partial charge is 0.254 e. The molecule has 0 aliphatic carbocycles. The molecule has 1 aliphatic rings. The fourth-order valence-corrected chi connectivity index (χ4v) is 2.67. The lowest BCUT2D eigenvalue weighted by Crippen LogP contribution is -2.35. The summed E-state index contributed by atoms with van der Waals surface area (Å²) in [7, 11) is 0. The second kappa shape index (κ2) is 4.97. The number of halogens is 1. The van der Waals surface area contributed by atoms with Gasteiger partial charge in [-0.15, -0.1) is 0 Å². The minimum Gasteiger partial charge on any atom is -0.337 e. The van der Waals surface area contributed by atoms with Gasteiger partial charge in [-0.2, -0.15) is 0 Å². The number of rotatable bonds is 2. The zero-order valence-corrected chi connectivity index (χ0v) is 10.7. The minimum absolute atomic E-state index is 0.110. The summed E-state index contributed by atoms with van der Waals surface area (Å²) in [5.41, 5.74) is 7.47. The van der Waals surface area contributed by atoms with Gasteiger partial charge in [-0.1, -0.05) is 22.0 Å². The highest BCUT2D eigenvalue weighted by atomic mass is 79.9. The molecule has 1 aromatic rings. The van der Waals surface area contributed by atoms with Gasteiger partial charge in [0.2, 0.25) is 0 Å². The molecule has 0 aromatic heterocycles. The lowest BCUT2D eigenvalue weighted by atomic mass is 10.0. The highest BCUT2D eigenvalue weighted by Gasteiger charge is 2.22. The van der Waals surface area contributed by atoms with Gasteiger partial charge in [0.05, 0.1) is 0 Å². The summed E-state index contributed by atoms with van der Waals surface area (Å²) in [6, 6.07) is 5.80. The van der Waals surface area contributed by atoms with Gasteiger partial charge >= 0.3 is 0 Å². The topological polar surface area (TPSA) is 46.3 Å². The molecule has 86 valence electrons. The normalized spacial score (nSPS) is 15.9. The zero-order valence-electron chi connectivity index (χ0n) is 9.08. The van der Waals surface area contributed by atoms with Gasteiger partial charge in [0.25, 0.3) is 5.91 Å². The molecule has 0 saturated heterocycles. The summed E-state index contributed by atoms with van der Waals surface area (Å²) in [5, 5.41) is 0. The van der Waals surface area contributed by atoms with Crippen LogP contribution in [0.25, 0.3) is 0 Å². The second-order valence-corrected chi connectivity index (χ2v) is 4.80. The Labute approximate surface area is 104 Å². The molecule has 3 nitrogen and oxygen atoms in total. The number of carbonyl (C=O) groups excluding carboxylic acids is 1. The summed E-state index contributed by atoms with van der Waals surface area (Å²) in [5.74, 6) is 0.110. The number of nitrogens with zero attached hydrogens (tertiary/aromatic N) is 1. The van der Waals surface area contributed by atoms with Crippen molar-refractivity contribution in [3.8, 4) is 0 Å². The second-order valence-electron chi connectivity index (χ2n) is 3.95. The maximum atomic E-state index is 12.2. The Morgan fingerprint density at radius 1 is 1.44 bits per heavy atom. The van der Waals surface area contributed by atoms with Crippen LogP contribution in [0.3, 0.4) is 0 Å². The van der Waals surface area contributed by atoms with Crippen LogP contribution in [0.2, 0.25) is 0 Å². The average Bonchev–Trinajstić information content (AvgIpc) is 2.43. The fraction of sp³-hybridized carbons (Fsp3) is 0.417. The molecule has 1 heterocycles. The van der Waals surface area contributed by atoms with Crippen LogP contribution in [0.15, 0.2) is 22.7 Å². The van der Waals surface area contributed by atoms with E-state index in [4.69, 9.17) is 5.73 Å². The van der Waals surface area contributed by atoms with Crippen LogP contribution in [0, 0.1) is 0 Å². The Morgan fingerprint density at radius 3 is 3.00 bits per heavy atom. The quantitative estimate of drug-likeness (QED) is 0.899. The van der Waals surface area contributed by atoms with Gasteiger partial charge in [0, 0.05) is 29.7 Å². The largest absolute Gasteiger partial charge is 0.337 e. The van der Waals surface area contributed by atoms with Crippen molar-refractivity contribution in [3.05, 3.63) is 33.8 Å². The first-order valence-corrected chi connectivity index (χ1v) is 6.30. The molecule has 16 heavy (non-hydrogen) atoms. The molecule has 0 fully saturated rings. The van der Waals surface area contributed by atoms with Crippen molar-refractivity contribution in [1.29, 1.82) is 0 Å². The van der Waals surface area contributed by atoms with Crippen molar-refractivity contribution in [2.75, 3.05) is 19.6 Å². The molecule has 2 N–H and O–H groups in total. The van der Waals surface area contributed by atoms with E-state index in [1.807, 2.05) is 23.1 Å².